The van der Waals surface area contributed by atoms with Crippen molar-refractivity contribution in [2.24, 2.45) is 5.92 Å². The van der Waals surface area contributed by atoms with Gasteiger partial charge in [0.1, 0.15) is 0 Å². The van der Waals surface area contributed by atoms with Gasteiger partial charge in [-0.25, -0.2) is 0 Å². The molecule has 0 atom stereocenters. The van der Waals surface area contributed by atoms with Crippen molar-refractivity contribution in [3.63, 3.8) is 0 Å². The second kappa shape index (κ2) is 9.37. The minimum absolute atomic E-state index is 0. The number of hydrogen-bond donors (Lipinski definition) is 0. The molecule has 0 radical (unpaired) electrons. The van der Waals surface area contributed by atoms with E-state index in [-0.39, 0.29) is 14.9 Å². The lowest BCUT2D eigenvalue weighted by molar-refractivity contribution is 0.328. The number of benzene rings is 1. The van der Waals surface area contributed by atoms with Crippen LogP contribution in [0.15, 0.2) is 36.4 Å². The van der Waals surface area contributed by atoms with Gasteiger partial charge in [-0.2, -0.15) is 5.26 Å². The fourth-order valence-corrected chi connectivity index (χ4v) is 2.89. The highest BCUT2D eigenvalue weighted by molar-refractivity contribution is 5.33. The number of hydrogen-bond acceptors (Lipinski definition) is 1. The molecule has 1 aromatic carbocycles. The molecular formula is C19H29N. The highest BCUT2D eigenvalue weighted by Crippen LogP contribution is 2.37. The normalized spacial score (nSPS) is 21.6. The van der Waals surface area contributed by atoms with Crippen LogP contribution >= 0.6 is 0 Å². The Balaban J connectivity index is 0.00000180. The first kappa shape index (κ1) is 18.4. The van der Waals surface area contributed by atoms with Crippen molar-refractivity contribution in [2.45, 2.75) is 59.8 Å². The summed E-state index contributed by atoms with van der Waals surface area (Å²) >= 11 is 0. The van der Waals surface area contributed by atoms with Crippen LogP contribution in [0, 0.1) is 17.2 Å². The van der Waals surface area contributed by atoms with Gasteiger partial charge >= 0.3 is 0 Å². The Morgan fingerprint density at radius 3 is 2.20 bits per heavy atom. The molecule has 1 aliphatic rings. The van der Waals surface area contributed by atoms with Gasteiger partial charge in [0.25, 0.3) is 0 Å². The van der Waals surface area contributed by atoms with Gasteiger partial charge in [-0.05, 0) is 68.6 Å². The van der Waals surface area contributed by atoms with Gasteiger partial charge in [0.15, 0.2) is 0 Å². The molecule has 0 saturated heterocycles. The standard InChI is InChI=1S/C17H21N.2CH4/c1-2-3-4-14-5-9-16(10-6-14)17-11-7-15(13-18)8-12-17;;/h2-3,7-8,11-12,14,16H,4-6,9-10H2,1H3;2*1H4. The lowest BCUT2D eigenvalue weighted by Crippen LogP contribution is -2.12. The third-order valence-electron chi connectivity index (χ3n) is 4.06. The summed E-state index contributed by atoms with van der Waals surface area (Å²) in [6, 6.07) is 10.3. The second-order valence-corrected chi connectivity index (χ2v) is 5.26. The van der Waals surface area contributed by atoms with E-state index >= 15 is 0 Å². The van der Waals surface area contributed by atoms with Crippen LogP contribution in [-0.2, 0) is 0 Å². The van der Waals surface area contributed by atoms with E-state index in [0.717, 1.165) is 11.5 Å². The summed E-state index contributed by atoms with van der Waals surface area (Å²) in [4.78, 5) is 0. The molecule has 0 amide bonds. The molecule has 1 saturated carbocycles. The summed E-state index contributed by atoms with van der Waals surface area (Å²) in [5.74, 6) is 1.59. The van der Waals surface area contributed by atoms with Crippen LogP contribution in [-0.4, -0.2) is 0 Å². The fraction of sp³-hybridized carbons (Fsp3) is 0.526. The van der Waals surface area contributed by atoms with Crippen LogP contribution < -0.4 is 0 Å². The van der Waals surface area contributed by atoms with E-state index in [1.807, 2.05) is 12.1 Å². The number of allylic oxidation sites excluding steroid dienone is 2. The summed E-state index contributed by atoms with van der Waals surface area (Å²) in [5.41, 5.74) is 2.18. The van der Waals surface area contributed by atoms with E-state index in [9.17, 15) is 0 Å². The molecule has 0 aliphatic heterocycles. The Kier molecular flexibility index (Phi) is 8.64. The second-order valence-electron chi connectivity index (χ2n) is 5.26. The zero-order chi connectivity index (χ0) is 12.8. The van der Waals surface area contributed by atoms with Gasteiger partial charge < -0.3 is 0 Å². The average molecular weight is 271 g/mol. The summed E-state index contributed by atoms with van der Waals surface area (Å²) < 4.78 is 0. The van der Waals surface area contributed by atoms with Crippen molar-refractivity contribution >= 4 is 0 Å². The lowest BCUT2D eigenvalue weighted by Gasteiger charge is -2.28. The van der Waals surface area contributed by atoms with E-state index in [4.69, 9.17) is 5.26 Å². The van der Waals surface area contributed by atoms with Gasteiger partial charge in [0, 0.05) is 0 Å². The zero-order valence-electron chi connectivity index (χ0n) is 11.1. The Hall–Kier alpha value is -1.55. The predicted molar refractivity (Wildman–Crippen MR) is 88.7 cm³/mol. The van der Waals surface area contributed by atoms with Crippen molar-refractivity contribution in [2.75, 3.05) is 0 Å². The van der Waals surface area contributed by atoms with Crippen molar-refractivity contribution in [3.8, 4) is 6.07 Å². The van der Waals surface area contributed by atoms with E-state index in [1.165, 1.54) is 37.7 Å². The van der Waals surface area contributed by atoms with Crippen molar-refractivity contribution in [1.29, 1.82) is 5.26 Å². The third-order valence-corrected chi connectivity index (χ3v) is 4.06. The smallest absolute Gasteiger partial charge is 0.0991 e. The molecule has 110 valence electrons. The van der Waals surface area contributed by atoms with Crippen LogP contribution in [0.4, 0.5) is 0 Å². The average Bonchev–Trinajstić information content (AvgIpc) is 2.46. The molecule has 0 unspecified atom stereocenters. The van der Waals surface area contributed by atoms with Gasteiger partial charge in [0.05, 0.1) is 11.6 Å². The molecule has 0 N–H and O–H groups in total. The molecule has 0 aromatic heterocycles. The molecule has 1 fully saturated rings. The molecule has 1 heteroatoms. The van der Waals surface area contributed by atoms with E-state index in [1.54, 1.807) is 0 Å². The summed E-state index contributed by atoms with van der Waals surface area (Å²) in [5, 5.41) is 8.80. The van der Waals surface area contributed by atoms with Crippen LogP contribution in [0.25, 0.3) is 0 Å². The van der Waals surface area contributed by atoms with Crippen LogP contribution in [0.5, 0.6) is 0 Å². The van der Waals surface area contributed by atoms with Gasteiger partial charge in [-0.3, -0.25) is 0 Å². The minimum atomic E-state index is 0. The largest absolute Gasteiger partial charge is 0.192 e. The van der Waals surface area contributed by atoms with E-state index in [2.05, 4.69) is 37.3 Å². The number of rotatable bonds is 3. The summed E-state index contributed by atoms with van der Waals surface area (Å²) in [7, 11) is 0. The monoisotopic (exact) mass is 271 g/mol. The SMILES string of the molecule is C.C.CC=CCC1CCC(c2ccc(C#N)cc2)CC1. The Morgan fingerprint density at radius 1 is 1.10 bits per heavy atom. The van der Waals surface area contributed by atoms with Gasteiger partial charge in [0.2, 0.25) is 0 Å². The van der Waals surface area contributed by atoms with Crippen LogP contribution in [0.3, 0.4) is 0 Å². The third kappa shape index (κ3) is 4.85. The molecule has 2 rings (SSSR count). The first-order chi connectivity index (χ1) is 8.83. The maximum atomic E-state index is 8.80. The molecule has 1 nitrogen and oxygen atoms in total. The minimum Gasteiger partial charge on any atom is -0.192 e. The van der Waals surface area contributed by atoms with Gasteiger partial charge in [-0.1, -0.05) is 39.1 Å². The van der Waals surface area contributed by atoms with Crippen molar-refractivity contribution in [1.82, 2.24) is 0 Å². The first-order valence-electron chi connectivity index (χ1n) is 6.94. The maximum absolute atomic E-state index is 8.80. The molecule has 1 aliphatic carbocycles. The Morgan fingerprint density at radius 2 is 1.70 bits per heavy atom. The fourth-order valence-electron chi connectivity index (χ4n) is 2.89. The molecule has 0 bridgehead atoms. The van der Waals surface area contributed by atoms with Crippen LogP contribution in [0.1, 0.15) is 70.9 Å². The zero-order valence-corrected chi connectivity index (χ0v) is 11.1. The van der Waals surface area contributed by atoms with Crippen molar-refractivity contribution < 1.29 is 0 Å². The quantitative estimate of drug-likeness (QED) is 0.612. The van der Waals surface area contributed by atoms with Crippen molar-refractivity contribution in [3.05, 3.63) is 47.5 Å². The summed E-state index contributed by atoms with van der Waals surface area (Å²) in [6.45, 7) is 2.10. The Bertz CT molecular complexity index is 428. The molecular weight excluding hydrogens is 242 g/mol. The summed E-state index contributed by atoms with van der Waals surface area (Å²) in [6.07, 6.45) is 11.0. The molecule has 20 heavy (non-hydrogen) atoms. The maximum Gasteiger partial charge on any atom is 0.0991 e. The van der Waals surface area contributed by atoms with Crippen LogP contribution in [0.2, 0.25) is 0 Å². The lowest BCUT2D eigenvalue weighted by atomic mass is 9.77. The Labute approximate surface area is 125 Å². The van der Waals surface area contributed by atoms with E-state index < -0.39 is 0 Å². The first-order valence-corrected chi connectivity index (χ1v) is 6.94. The molecule has 0 heterocycles. The highest BCUT2D eigenvalue weighted by Gasteiger charge is 2.21. The highest BCUT2D eigenvalue weighted by atomic mass is 14.3. The topological polar surface area (TPSA) is 23.8 Å². The number of nitrogens with zero attached hydrogens (tertiary/aromatic N) is 1. The van der Waals surface area contributed by atoms with Gasteiger partial charge in [-0.15, -0.1) is 0 Å². The van der Waals surface area contributed by atoms with E-state index in [0.29, 0.717) is 5.92 Å². The molecule has 0 spiro atoms. The predicted octanol–water partition coefficient (Wildman–Crippen LogP) is 6.07. The number of nitriles is 1. The molecule has 1 aromatic rings.